The lowest BCUT2D eigenvalue weighted by atomic mass is 9.91. The number of halogens is 3. The molecule has 0 spiro atoms. The van der Waals surface area contributed by atoms with E-state index in [4.69, 9.17) is 50.3 Å². The van der Waals surface area contributed by atoms with Gasteiger partial charge in [-0.3, -0.25) is 8.96 Å². The van der Waals surface area contributed by atoms with Gasteiger partial charge in [0, 0.05) is 28.4 Å². The van der Waals surface area contributed by atoms with Gasteiger partial charge in [-0.15, -0.1) is 0 Å². The maximum absolute atomic E-state index is 12.4. The number of hydrogen-bond donors (Lipinski definition) is 2. The Morgan fingerprint density at radius 3 is 2.63 bits per heavy atom. The van der Waals surface area contributed by atoms with Gasteiger partial charge in [0.05, 0.1) is 23.1 Å². The molecule has 2 atom stereocenters. The van der Waals surface area contributed by atoms with Gasteiger partial charge in [-0.2, -0.15) is 8.42 Å². The van der Waals surface area contributed by atoms with Crippen LogP contribution in [0, 0.1) is 6.92 Å². The standard InChI is InChI=1S/C26H29Cl2FN4O3S2/c1-16-24(26(37)31-19-5-2-4-18(30)15-19)32-25(22-11-6-17(27)14-23(22)28)33(16)20-7-9-21(10-8-20)36-38(34,35)13-3-12-29/h6-11,14,18-19H,2-5,12-13,15,30H2,1H3,(H,31,37). The predicted octanol–water partition coefficient (Wildman–Crippen LogP) is 5.76. The molecular formula is C26H29Cl2FN4O3S2. The van der Waals surface area contributed by atoms with E-state index in [-0.39, 0.29) is 24.3 Å². The van der Waals surface area contributed by atoms with Crippen molar-refractivity contribution in [1.29, 1.82) is 0 Å². The first kappa shape index (κ1) is 28.8. The van der Waals surface area contributed by atoms with Crippen LogP contribution in [-0.2, 0) is 10.1 Å². The third kappa shape index (κ3) is 6.84. The van der Waals surface area contributed by atoms with Crippen LogP contribution in [0.4, 0.5) is 4.39 Å². The molecule has 2 unspecified atom stereocenters. The van der Waals surface area contributed by atoms with E-state index in [1.165, 1.54) is 12.1 Å². The Morgan fingerprint density at radius 1 is 1.24 bits per heavy atom. The number of nitrogens with one attached hydrogen (secondary N) is 1. The Hall–Kier alpha value is -2.24. The van der Waals surface area contributed by atoms with Crippen molar-refractivity contribution in [1.82, 2.24) is 14.9 Å². The van der Waals surface area contributed by atoms with Crippen LogP contribution in [0.25, 0.3) is 17.1 Å². The number of nitrogens with zero attached hydrogens (tertiary/aromatic N) is 2. The number of hydrogen-bond acceptors (Lipinski definition) is 6. The van der Waals surface area contributed by atoms with E-state index in [1.54, 1.807) is 30.3 Å². The van der Waals surface area contributed by atoms with E-state index < -0.39 is 22.5 Å². The van der Waals surface area contributed by atoms with Gasteiger partial charge >= 0.3 is 10.1 Å². The molecule has 1 fully saturated rings. The van der Waals surface area contributed by atoms with Crippen molar-refractivity contribution in [3.05, 3.63) is 63.9 Å². The fourth-order valence-corrected chi connectivity index (χ4v) is 6.37. The molecule has 0 amide bonds. The normalized spacial score (nSPS) is 17.8. The Kier molecular flexibility index (Phi) is 9.31. The number of benzene rings is 2. The summed E-state index contributed by atoms with van der Waals surface area (Å²) in [4.78, 5) is 5.40. The molecule has 204 valence electrons. The van der Waals surface area contributed by atoms with E-state index in [2.05, 4.69) is 5.32 Å². The van der Waals surface area contributed by atoms with Crippen LogP contribution in [0.2, 0.25) is 10.0 Å². The average molecular weight is 600 g/mol. The molecule has 0 radical (unpaired) electrons. The average Bonchev–Trinajstić information content (AvgIpc) is 3.20. The summed E-state index contributed by atoms with van der Waals surface area (Å²) >= 11 is 18.5. The first-order chi connectivity index (χ1) is 18.1. The van der Waals surface area contributed by atoms with Crippen LogP contribution in [0.3, 0.4) is 0 Å². The highest BCUT2D eigenvalue weighted by molar-refractivity contribution is 7.87. The van der Waals surface area contributed by atoms with Crippen LogP contribution >= 0.6 is 35.4 Å². The summed E-state index contributed by atoms with van der Waals surface area (Å²) in [6.45, 7) is 1.17. The molecule has 4 rings (SSSR count). The second-order valence-electron chi connectivity index (χ2n) is 9.31. The topological polar surface area (TPSA) is 99.2 Å². The van der Waals surface area contributed by atoms with Crippen molar-refractivity contribution in [2.75, 3.05) is 12.4 Å². The van der Waals surface area contributed by atoms with Crippen LogP contribution in [0.5, 0.6) is 5.75 Å². The highest BCUT2D eigenvalue weighted by atomic mass is 35.5. The number of aromatic nitrogens is 2. The Morgan fingerprint density at radius 2 is 1.97 bits per heavy atom. The van der Waals surface area contributed by atoms with Gasteiger partial charge in [-0.1, -0.05) is 35.4 Å². The predicted molar refractivity (Wildman–Crippen MR) is 154 cm³/mol. The van der Waals surface area contributed by atoms with Crippen molar-refractivity contribution in [3.8, 4) is 22.8 Å². The van der Waals surface area contributed by atoms with E-state index in [9.17, 15) is 12.8 Å². The summed E-state index contributed by atoms with van der Waals surface area (Å²) in [6.07, 6.45) is 3.75. The monoisotopic (exact) mass is 598 g/mol. The van der Waals surface area contributed by atoms with Gasteiger partial charge in [0.2, 0.25) is 0 Å². The largest absolute Gasteiger partial charge is 0.382 e. The fraction of sp³-hybridized carbons (Fsp3) is 0.385. The van der Waals surface area contributed by atoms with Gasteiger partial charge in [-0.25, -0.2) is 4.98 Å². The fourth-order valence-electron chi connectivity index (χ4n) is 4.57. The maximum Gasteiger partial charge on any atom is 0.309 e. The minimum absolute atomic E-state index is 0.122. The Balaban J connectivity index is 1.71. The second-order valence-corrected chi connectivity index (χ2v) is 12.2. The third-order valence-corrected chi connectivity index (χ3v) is 8.48. The van der Waals surface area contributed by atoms with Gasteiger partial charge in [0.15, 0.2) is 0 Å². The van der Waals surface area contributed by atoms with Crippen LogP contribution in [-0.4, -0.2) is 47.5 Å². The molecule has 0 bridgehead atoms. The summed E-state index contributed by atoms with van der Waals surface area (Å²) in [5.74, 6) is 0.278. The lowest BCUT2D eigenvalue weighted by Gasteiger charge is -2.28. The number of imidazole rings is 1. The van der Waals surface area contributed by atoms with Crippen LogP contribution in [0.1, 0.15) is 43.5 Å². The molecule has 12 heteroatoms. The quantitative estimate of drug-likeness (QED) is 0.239. The van der Waals surface area contributed by atoms with E-state index in [0.717, 1.165) is 31.4 Å². The molecule has 0 saturated heterocycles. The maximum atomic E-state index is 12.4. The first-order valence-corrected chi connectivity index (χ1v) is 15.0. The molecule has 1 aliphatic rings. The zero-order valence-corrected chi connectivity index (χ0v) is 23.9. The van der Waals surface area contributed by atoms with Gasteiger partial charge in [-0.05, 0) is 81.5 Å². The van der Waals surface area contributed by atoms with Crippen molar-refractivity contribution in [2.24, 2.45) is 5.73 Å². The smallest absolute Gasteiger partial charge is 0.309 e. The van der Waals surface area contributed by atoms with Gasteiger partial charge in [0.25, 0.3) is 0 Å². The Labute approximate surface area is 237 Å². The lowest BCUT2D eigenvalue weighted by molar-refractivity contribution is 0.371. The summed E-state index contributed by atoms with van der Waals surface area (Å²) in [5.41, 5.74) is 8.88. The van der Waals surface area contributed by atoms with Crippen LogP contribution < -0.4 is 15.2 Å². The summed E-state index contributed by atoms with van der Waals surface area (Å²) in [7, 11) is -3.89. The van der Waals surface area contributed by atoms with Crippen molar-refractivity contribution >= 4 is 50.5 Å². The second kappa shape index (κ2) is 12.3. The molecular weight excluding hydrogens is 570 g/mol. The summed E-state index contributed by atoms with van der Waals surface area (Å²) in [5, 5.41) is 4.35. The molecule has 1 heterocycles. The van der Waals surface area contributed by atoms with Gasteiger partial charge < -0.3 is 15.2 Å². The highest BCUT2D eigenvalue weighted by Gasteiger charge is 2.25. The van der Waals surface area contributed by atoms with Crippen molar-refractivity contribution in [2.45, 2.75) is 51.1 Å². The van der Waals surface area contributed by atoms with Crippen molar-refractivity contribution in [3.63, 3.8) is 0 Å². The molecule has 0 aliphatic heterocycles. The zero-order valence-electron chi connectivity index (χ0n) is 20.8. The lowest BCUT2D eigenvalue weighted by Crippen LogP contribution is -2.42. The number of nitrogens with two attached hydrogens (primary N) is 1. The highest BCUT2D eigenvalue weighted by Crippen LogP contribution is 2.34. The minimum Gasteiger partial charge on any atom is -0.382 e. The summed E-state index contributed by atoms with van der Waals surface area (Å²) < 4.78 is 43.6. The Bertz CT molecular complexity index is 1410. The van der Waals surface area contributed by atoms with Gasteiger partial charge in [0.1, 0.15) is 22.3 Å². The number of rotatable bonds is 9. The van der Waals surface area contributed by atoms with E-state index >= 15 is 0 Å². The SMILES string of the molecule is Cc1c(C(=S)NC2CCCC(N)C2)nc(-c2ccc(Cl)cc2Cl)n1-c1ccc(OS(=O)(=O)CCCF)cc1. The zero-order chi connectivity index (χ0) is 27.4. The van der Waals surface area contributed by atoms with E-state index in [0.29, 0.717) is 37.8 Å². The van der Waals surface area contributed by atoms with E-state index in [1.807, 2.05) is 11.5 Å². The number of alkyl halides is 1. The number of thiocarbonyl (C=S) groups is 1. The van der Waals surface area contributed by atoms with Crippen LogP contribution in [0.15, 0.2) is 42.5 Å². The third-order valence-electron chi connectivity index (χ3n) is 6.39. The van der Waals surface area contributed by atoms with Crippen molar-refractivity contribution < 1.29 is 17.0 Å². The molecule has 2 aromatic carbocycles. The summed E-state index contributed by atoms with van der Waals surface area (Å²) in [6, 6.07) is 12.0. The first-order valence-electron chi connectivity index (χ1n) is 12.3. The molecule has 7 nitrogen and oxygen atoms in total. The minimum atomic E-state index is -3.89. The molecule has 1 saturated carbocycles. The molecule has 3 N–H and O–H groups in total. The molecule has 1 aromatic heterocycles. The molecule has 3 aromatic rings. The molecule has 38 heavy (non-hydrogen) atoms. The molecule has 1 aliphatic carbocycles.